The van der Waals surface area contributed by atoms with E-state index in [0.717, 1.165) is 32.7 Å². The molecular formula is C22H28N4S4. The van der Waals surface area contributed by atoms with Crippen LogP contribution in [0.3, 0.4) is 0 Å². The van der Waals surface area contributed by atoms with E-state index in [4.69, 9.17) is 5.14 Å². The Bertz CT molecular complexity index is 1010. The minimum Gasteiger partial charge on any atom is -0.272 e. The van der Waals surface area contributed by atoms with E-state index in [1.807, 2.05) is 6.07 Å². The van der Waals surface area contributed by atoms with Crippen LogP contribution in [0.25, 0.3) is 20.4 Å². The molecule has 0 radical (unpaired) electrons. The van der Waals surface area contributed by atoms with Gasteiger partial charge in [-0.25, -0.2) is 9.97 Å². The van der Waals surface area contributed by atoms with Crippen LogP contribution in [0.5, 0.6) is 0 Å². The number of unbranched alkanes of at least 4 members (excludes halogenated alkanes) is 2. The van der Waals surface area contributed by atoms with Crippen molar-refractivity contribution in [3.8, 4) is 0 Å². The van der Waals surface area contributed by atoms with Gasteiger partial charge in [0, 0.05) is 6.54 Å². The van der Waals surface area contributed by atoms with Gasteiger partial charge < -0.3 is 0 Å². The van der Waals surface area contributed by atoms with Gasteiger partial charge in [-0.05, 0) is 66.9 Å². The molecule has 0 spiro atoms. The number of rotatable bonds is 9. The fraction of sp³-hybridized carbons (Fsp3) is 0.364. The van der Waals surface area contributed by atoms with Crippen LogP contribution in [0, 0.1) is 0 Å². The number of nitrogens with zero attached hydrogens (tertiary/aromatic N) is 2. The number of thiazole rings is 2. The van der Waals surface area contributed by atoms with Crippen LogP contribution >= 0.6 is 46.6 Å². The van der Waals surface area contributed by atoms with E-state index in [9.17, 15) is 0 Å². The summed E-state index contributed by atoms with van der Waals surface area (Å²) in [5.74, 6) is 0. The second-order valence-electron chi connectivity index (χ2n) is 6.76. The number of hydrogen-bond donors (Lipinski definition) is 2. The second kappa shape index (κ2) is 12.6. The van der Waals surface area contributed by atoms with Crippen LogP contribution in [-0.4, -0.2) is 16.5 Å². The fourth-order valence-corrected chi connectivity index (χ4v) is 6.04. The summed E-state index contributed by atoms with van der Waals surface area (Å²) in [5.41, 5.74) is 3.59. The minimum atomic E-state index is 0.953. The Morgan fingerprint density at radius 1 is 0.900 bits per heavy atom. The molecule has 0 aliphatic heterocycles. The fourth-order valence-electron chi connectivity index (χ4n) is 2.86. The molecule has 0 saturated carbocycles. The number of hydrogen-bond acceptors (Lipinski definition) is 8. The average Bonchev–Trinajstić information content (AvgIpc) is 3.39. The summed E-state index contributed by atoms with van der Waals surface area (Å²) >= 11 is 6.29. The number of aromatic nitrogens is 2. The number of aryl methyl sites for hydroxylation is 1. The molecule has 0 bridgehead atoms. The molecule has 0 unspecified atom stereocenters. The van der Waals surface area contributed by atoms with Crippen molar-refractivity contribution in [3.63, 3.8) is 0 Å². The summed E-state index contributed by atoms with van der Waals surface area (Å²) in [6.45, 7) is 5.46. The molecule has 2 aromatic carbocycles. The van der Waals surface area contributed by atoms with E-state index in [2.05, 4.69) is 64.9 Å². The van der Waals surface area contributed by atoms with Crippen LogP contribution < -0.4 is 9.86 Å². The van der Waals surface area contributed by atoms with Crippen LogP contribution in [-0.2, 0) is 6.42 Å². The van der Waals surface area contributed by atoms with E-state index < -0.39 is 0 Å². The number of nitrogens with one attached hydrogen (secondary N) is 1. The first kappa shape index (κ1) is 23.5. The molecule has 8 heteroatoms. The van der Waals surface area contributed by atoms with Crippen LogP contribution in [0.2, 0.25) is 0 Å². The highest BCUT2D eigenvalue weighted by atomic mass is 32.2. The molecule has 160 valence electrons. The normalized spacial score (nSPS) is 11.0. The van der Waals surface area contributed by atoms with Gasteiger partial charge in [-0.2, -0.15) is 0 Å². The van der Waals surface area contributed by atoms with Gasteiger partial charge in [0.15, 0.2) is 8.68 Å². The highest BCUT2D eigenvalue weighted by Crippen LogP contribution is 2.29. The highest BCUT2D eigenvalue weighted by Gasteiger charge is 2.07. The van der Waals surface area contributed by atoms with E-state index in [1.165, 1.54) is 52.6 Å². The van der Waals surface area contributed by atoms with Crippen LogP contribution in [0.4, 0.5) is 0 Å². The van der Waals surface area contributed by atoms with Crippen molar-refractivity contribution in [1.29, 1.82) is 0 Å². The first-order chi connectivity index (χ1) is 14.7. The van der Waals surface area contributed by atoms with Crippen molar-refractivity contribution >= 4 is 67.0 Å². The summed E-state index contributed by atoms with van der Waals surface area (Å²) in [6, 6.07) is 14.6. The summed E-state index contributed by atoms with van der Waals surface area (Å²) in [7, 11) is 0. The van der Waals surface area contributed by atoms with E-state index in [1.54, 1.807) is 34.6 Å². The molecule has 30 heavy (non-hydrogen) atoms. The lowest BCUT2D eigenvalue weighted by atomic mass is 10.1. The van der Waals surface area contributed by atoms with Gasteiger partial charge >= 0.3 is 0 Å². The SMILES string of the molecule is CCCCNSc1nc2ccccc2s1.CCCCc1cccc2sc(SN)nc12. The van der Waals surface area contributed by atoms with Crippen LogP contribution in [0.1, 0.15) is 45.1 Å². The van der Waals surface area contributed by atoms with E-state index in [-0.39, 0.29) is 0 Å². The van der Waals surface area contributed by atoms with Gasteiger partial charge in [-0.3, -0.25) is 9.86 Å². The molecule has 0 amide bonds. The third-order valence-corrected chi connectivity index (χ3v) is 8.04. The summed E-state index contributed by atoms with van der Waals surface area (Å²) < 4.78 is 7.89. The molecule has 0 aliphatic rings. The Balaban J connectivity index is 0.000000171. The smallest absolute Gasteiger partial charge is 0.166 e. The number of nitrogens with two attached hydrogens (primary N) is 1. The van der Waals surface area contributed by atoms with Crippen LogP contribution in [0.15, 0.2) is 51.1 Å². The molecule has 0 saturated heterocycles. The maximum absolute atomic E-state index is 5.53. The Labute approximate surface area is 195 Å². The molecule has 4 aromatic rings. The van der Waals surface area contributed by atoms with Crippen molar-refractivity contribution in [2.45, 2.75) is 54.6 Å². The molecule has 2 heterocycles. The number of fused-ring (bicyclic) bond motifs is 2. The van der Waals surface area contributed by atoms with Gasteiger partial charge in [-0.1, -0.05) is 51.0 Å². The lowest BCUT2D eigenvalue weighted by molar-refractivity contribution is 0.776. The zero-order valence-corrected chi connectivity index (χ0v) is 20.7. The predicted octanol–water partition coefficient (Wildman–Crippen LogP) is 7.30. The van der Waals surface area contributed by atoms with Gasteiger partial charge in [0.1, 0.15) is 0 Å². The summed E-state index contributed by atoms with van der Waals surface area (Å²) in [5, 5.41) is 5.53. The van der Waals surface area contributed by atoms with Gasteiger partial charge in [0.2, 0.25) is 0 Å². The Hall–Kier alpha value is -1.16. The molecule has 4 rings (SSSR count). The first-order valence-corrected chi connectivity index (χ1v) is 13.6. The van der Waals surface area contributed by atoms with Crippen molar-refractivity contribution in [3.05, 3.63) is 48.0 Å². The first-order valence-electron chi connectivity index (χ1n) is 10.3. The van der Waals surface area contributed by atoms with Gasteiger partial charge in [0.05, 0.1) is 20.4 Å². The van der Waals surface area contributed by atoms with Crippen molar-refractivity contribution < 1.29 is 0 Å². The van der Waals surface area contributed by atoms with Gasteiger partial charge in [-0.15, -0.1) is 22.7 Å². The minimum absolute atomic E-state index is 0.953. The topological polar surface area (TPSA) is 63.8 Å². The quantitative estimate of drug-likeness (QED) is 0.195. The summed E-state index contributed by atoms with van der Waals surface area (Å²) in [6.07, 6.45) is 6.01. The number of para-hydroxylation sites is 2. The second-order valence-corrected chi connectivity index (χ2v) is 10.8. The largest absolute Gasteiger partial charge is 0.272 e. The maximum atomic E-state index is 5.53. The zero-order valence-electron chi connectivity index (χ0n) is 17.4. The molecule has 0 fully saturated rings. The molecule has 3 N–H and O–H groups in total. The molecular weight excluding hydrogens is 449 g/mol. The lowest BCUT2D eigenvalue weighted by Gasteiger charge is -1.99. The number of benzene rings is 2. The van der Waals surface area contributed by atoms with E-state index >= 15 is 0 Å². The lowest BCUT2D eigenvalue weighted by Crippen LogP contribution is -2.03. The standard InChI is InChI=1S/2C11H14N2S2/c1-2-3-8-12-15-11-13-9-6-4-5-7-10(9)14-11;1-2-3-5-8-6-4-7-9-10(8)13-11(14-9)15-12/h4-7,12H,2-3,8H2,1H3;4,6-7H,2-3,5,12H2,1H3. The molecule has 2 aromatic heterocycles. The zero-order chi connectivity index (χ0) is 21.2. The predicted molar refractivity (Wildman–Crippen MR) is 137 cm³/mol. The van der Waals surface area contributed by atoms with Crippen molar-refractivity contribution in [1.82, 2.24) is 14.7 Å². The third kappa shape index (κ3) is 6.67. The van der Waals surface area contributed by atoms with E-state index in [0.29, 0.717) is 0 Å². The Morgan fingerprint density at radius 2 is 1.67 bits per heavy atom. The Morgan fingerprint density at radius 3 is 2.43 bits per heavy atom. The summed E-state index contributed by atoms with van der Waals surface area (Å²) in [4.78, 5) is 9.07. The third-order valence-electron chi connectivity index (χ3n) is 4.45. The molecule has 4 nitrogen and oxygen atoms in total. The molecule has 0 atom stereocenters. The highest BCUT2D eigenvalue weighted by molar-refractivity contribution is 7.99. The Kier molecular flexibility index (Phi) is 9.90. The average molecular weight is 477 g/mol. The van der Waals surface area contributed by atoms with Gasteiger partial charge in [0.25, 0.3) is 0 Å². The van der Waals surface area contributed by atoms with Crippen molar-refractivity contribution in [2.24, 2.45) is 5.14 Å². The monoisotopic (exact) mass is 476 g/mol. The molecule has 0 aliphatic carbocycles. The van der Waals surface area contributed by atoms with Crippen molar-refractivity contribution in [2.75, 3.05) is 6.54 Å². The maximum Gasteiger partial charge on any atom is 0.166 e.